The van der Waals surface area contributed by atoms with E-state index in [0.29, 0.717) is 12.6 Å². The number of nitrogens with one attached hydrogen (secondary N) is 1. The minimum atomic E-state index is -0.942. The molecule has 0 aliphatic rings. The lowest BCUT2D eigenvalue weighted by Crippen LogP contribution is -2.28. The number of aromatic nitrogens is 1. The van der Waals surface area contributed by atoms with Crippen molar-refractivity contribution in [2.45, 2.75) is 58.5 Å². The third kappa shape index (κ3) is 5.14. The number of carboxylic acid groups (broad SMARTS) is 1. The van der Waals surface area contributed by atoms with Crippen molar-refractivity contribution in [3.8, 4) is 0 Å². The molecule has 1 unspecified atom stereocenters. The molecule has 2 N–H and O–H groups in total. The van der Waals surface area contributed by atoms with Crippen LogP contribution in [-0.2, 0) is 6.54 Å². The summed E-state index contributed by atoms with van der Waals surface area (Å²) in [6.07, 6.45) is 5.95. The van der Waals surface area contributed by atoms with E-state index in [9.17, 15) is 4.79 Å². The van der Waals surface area contributed by atoms with E-state index >= 15 is 0 Å². The molecule has 0 aromatic carbocycles. The molecule has 0 radical (unpaired) electrons. The van der Waals surface area contributed by atoms with Gasteiger partial charge in [-0.1, -0.05) is 33.1 Å². The molecule has 102 valence electrons. The number of carbonyl (C=O) groups is 1. The van der Waals surface area contributed by atoms with Crippen molar-refractivity contribution in [2.24, 2.45) is 0 Å². The lowest BCUT2D eigenvalue weighted by molar-refractivity contribution is 0.0696. The molecule has 0 fully saturated rings. The number of nitrogens with zero attached hydrogens (tertiary/aromatic N) is 1. The van der Waals surface area contributed by atoms with Gasteiger partial charge in [0.2, 0.25) is 5.01 Å². The summed E-state index contributed by atoms with van der Waals surface area (Å²) in [5, 5.41) is 14.3. The van der Waals surface area contributed by atoms with Gasteiger partial charge < -0.3 is 10.4 Å². The monoisotopic (exact) mass is 270 g/mol. The van der Waals surface area contributed by atoms with Gasteiger partial charge in [-0.2, -0.15) is 0 Å². The molecular formula is C13H22N2O2S. The van der Waals surface area contributed by atoms with E-state index in [1.165, 1.54) is 37.0 Å². The SMILES string of the molecule is CCCCC(CCC)NCc1csc(C(=O)O)n1. The van der Waals surface area contributed by atoms with Gasteiger partial charge in [0.25, 0.3) is 0 Å². The van der Waals surface area contributed by atoms with Gasteiger partial charge in [-0.25, -0.2) is 9.78 Å². The number of hydrogen-bond acceptors (Lipinski definition) is 4. The Kier molecular flexibility index (Phi) is 6.90. The standard InChI is InChI=1S/C13H22N2O2S/c1-3-5-7-10(6-4-2)14-8-11-9-18-12(15-11)13(16)17/h9-10,14H,3-8H2,1-2H3,(H,16,17). The Balaban J connectivity index is 2.42. The van der Waals surface area contributed by atoms with Gasteiger partial charge in [-0.15, -0.1) is 11.3 Å². The highest BCUT2D eigenvalue weighted by atomic mass is 32.1. The molecule has 1 heterocycles. The van der Waals surface area contributed by atoms with E-state index in [1.807, 2.05) is 5.38 Å². The topological polar surface area (TPSA) is 62.2 Å². The summed E-state index contributed by atoms with van der Waals surface area (Å²) < 4.78 is 0. The number of aromatic carboxylic acids is 1. The molecule has 1 aromatic rings. The summed E-state index contributed by atoms with van der Waals surface area (Å²) in [7, 11) is 0. The maximum absolute atomic E-state index is 10.7. The zero-order valence-corrected chi connectivity index (χ0v) is 11.9. The van der Waals surface area contributed by atoms with Crippen molar-refractivity contribution in [3.05, 3.63) is 16.1 Å². The Morgan fingerprint density at radius 1 is 1.44 bits per heavy atom. The molecule has 1 aromatic heterocycles. The average Bonchev–Trinajstić information content (AvgIpc) is 2.81. The van der Waals surface area contributed by atoms with Crippen LogP contribution in [0.4, 0.5) is 0 Å². The van der Waals surface area contributed by atoms with Gasteiger partial charge in [-0.05, 0) is 12.8 Å². The highest BCUT2D eigenvalue weighted by Crippen LogP contribution is 2.11. The maximum Gasteiger partial charge on any atom is 0.365 e. The van der Waals surface area contributed by atoms with Gasteiger partial charge >= 0.3 is 5.97 Å². The second-order valence-corrected chi connectivity index (χ2v) is 5.32. The summed E-state index contributed by atoms with van der Waals surface area (Å²) in [4.78, 5) is 14.8. The molecule has 0 amide bonds. The van der Waals surface area contributed by atoms with Crippen molar-refractivity contribution < 1.29 is 9.90 Å². The molecule has 18 heavy (non-hydrogen) atoms. The molecule has 1 rings (SSSR count). The number of hydrogen-bond donors (Lipinski definition) is 2. The van der Waals surface area contributed by atoms with Gasteiger partial charge in [0, 0.05) is 18.0 Å². The minimum Gasteiger partial charge on any atom is -0.476 e. The molecule has 0 spiro atoms. The smallest absolute Gasteiger partial charge is 0.365 e. The van der Waals surface area contributed by atoms with Gasteiger partial charge in [0.1, 0.15) is 0 Å². The summed E-state index contributed by atoms with van der Waals surface area (Å²) in [5.41, 5.74) is 0.829. The number of thiazole rings is 1. The molecule has 4 nitrogen and oxygen atoms in total. The van der Waals surface area contributed by atoms with Crippen molar-refractivity contribution in [1.29, 1.82) is 0 Å². The predicted molar refractivity (Wildman–Crippen MR) is 74.1 cm³/mol. The third-order valence-corrected chi connectivity index (χ3v) is 3.73. The van der Waals surface area contributed by atoms with E-state index in [2.05, 4.69) is 24.1 Å². The molecule has 5 heteroatoms. The average molecular weight is 270 g/mol. The Morgan fingerprint density at radius 3 is 2.78 bits per heavy atom. The normalized spacial score (nSPS) is 12.6. The van der Waals surface area contributed by atoms with Crippen LogP contribution in [0.2, 0.25) is 0 Å². The molecular weight excluding hydrogens is 248 g/mol. The third-order valence-electron chi connectivity index (χ3n) is 2.85. The van der Waals surface area contributed by atoms with Gasteiger partial charge in [0.15, 0.2) is 0 Å². The van der Waals surface area contributed by atoms with Crippen LogP contribution in [0.25, 0.3) is 0 Å². The molecule has 0 aliphatic carbocycles. The lowest BCUT2D eigenvalue weighted by atomic mass is 10.1. The Morgan fingerprint density at radius 2 is 2.22 bits per heavy atom. The van der Waals surface area contributed by atoms with Crippen LogP contribution in [0.15, 0.2) is 5.38 Å². The zero-order valence-electron chi connectivity index (χ0n) is 11.1. The first-order valence-corrected chi connectivity index (χ1v) is 7.46. The summed E-state index contributed by atoms with van der Waals surface area (Å²) >= 11 is 1.19. The molecule has 1 atom stereocenters. The Labute approximate surface area is 112 Å². The summed E-state index contributed by atoms with van der Waals surface area (Å²) in [6, 6.07) is 0.518. The first-order valence-electron chi connectivity index (χ1n) is 6.58. The fourth-order valence-corrected chi connectivity index (χ4v) is 2.54. The molecule has 0 aliphatic heterocycles. The lowest BCUT2D eigenvalue weighted by Gasteiger charge is -2.16. The number of unbranched alkanes of at least 4 members (excludes halogenated alkanes) is 1. The molecule has 0 saturated carbocycles. The number of carboxylic acids is 1. The zero-order chi connectivity index (χ0) is 13.4. The summed E-state index contributed by atoms with van der Waals surface area (Å²) in [6.45, 7) is 5.05. The van der Waals surface area contributed by atoms with Crippen molar-refractivity contribution in [1.82, 2.24) is 10.3 Å². The van der Waals surface area contributed by atoms with Crippen LogP contribution in [-0.4, -0.2) is 22.1 Å². The fourth-order valence-electron chi connectivity index (χ4n) is 1.88. The van der Waals surface area contributed by atoms with Crippen LogP contribution >= 0.6 is 11.3 Å². The van der Waals surface area contributed by atoms with Crippen molar-refractivity contribution >= 4 is 17.3 Å². The molecule has 0 bridgehead atoms. The van der Waals surface area contributed by atoms with Crippen LogP contribution in [0.5, 0.6) is 0 Å². The van der Waals surface area contributed by atoms with Crippen LogP contribution in [0.3, 0.4) is 0 Å². The van der Waals surface area contributed by atoms with E-state index in [0.717, 1.165) is 12.1 Å². The van der Waals surface area contributed by atoms with Gasteiger partial charge in [0.05, 0.1) is 5.69 Å². The quantitative estimate of drug-likeness (QED) is 0.723. The maximum atomic E-state index is 10.7. The van der Waals surface area contributed by atoms with Crippen molar-refractivity contribution in [3.63, 3.8) is 0 Å². The second kappa shape index (κ2) is 8.21. The van der Waals surface area contributed by atoms with Crippen molar-refractivity contribution in [2.75, 3.05) is 0 Å². The minimum absolute atomic E-state index is 0.174. The summed E-state index contributed by atoms with van der Waals surface area (Å²) in [5.74, 6) is -0.942. The highest BCUT2D eigenvalue weighted by molar-refractivity contribution is 7.11. The van der Waals surface area contributed by atoms with E-state index in [-0.39, 0.29) is 5.01 Å². The van der Waals surface area contributed by atoms with E-state index in [1.54, 1.807) is 0 Å². The Hall–Kier alpha value is -0.940. The number of rotatable bonds is 9. The van der Waals surface area contributed by atoms with Gasteiger partial charge in [-0.3, -0.25) is 0 Å². The largest absolute Gasteiger partial charge is 0.476 e. The highest BCUT2D eigenvalue weighted by Gasteiger charge is 2.11. The van der Waals surface area contributed by atoms with E-state index in [4.69, 9.17) is 5.11 Å². The van der Waals surface area contributed by atoms with Crippen LogP contribution in [0.1, 0.15) is 61.4 Å². The first kappa shape index (κ1) is 15.1. The van der Waals surface area contributed by atoms with Crippen LogP contribution in [0, 0.1) is 0 Å². The van der Waals surface area contributed by atoms with Crippen LogP contribution < -0.4 is 5.32 Å². The molecule has 0 saturated heterocycles. The Bertz CT molecular complexity index is 366. The predicted octanol–water partition coefficient (Wildman–Crippen LogP) is 3.29. The van der Waals surface area contributed by atoms with E-state index < -0.39 is 5.97 Å². The fraction of sp³-hybridized carbons (Fsp3) is 0.692. The first-order chi connectivity index (χ1) is 8.67. The second-order valence-electron chi connectivity index (χ2n) is 4.46.